The molecule has 1 heterocycles. The molecule has 0 fully saturated rings. The van der Waals surface area contributed by atoms with Crippen molar-refractivity contribution in [2.75, 3.05) is 0 Å². The van der Waals surface area contributed by atoms with Crippen LogP contribution < -0.4 is 0 Å². The maximum absolute atomic E-state index is 10.1. The third-order valence-electron chi connectivity index (χ3n) is 2.24. The molecular weight excluding hydrogens is 174 g/mol. The minimum Gasteiger partial charge on any atom is -0.388 e. The lowest BCUT2D eigenvalue weighted by molar-refractivity contribution is 0.0625. The molecule has 1 aromatic heterocycles. The zero-order valence-corrected chi connectivity index (χ0v) is 9.63. The predicted octanol–water partition coefficient (Wildman–Crippen LogP) is 2.78. The van der Waals surface area contributed by atoms with Crippen LogP contribution in [0.15, 0.2) is 12.1 Å². The average molecular weight is 193 g/mol. The summed E-state index contributed by atoms with van der Waals surface area (Å²) in [6, 6.07) is 3.89. The summed E-state index contributed by atoms with van der Waals surface area (Å²) in [5, 5.41) is 10.1. The van der Waals surface area contributed by atoms with Gasteiger partial charge in [0.2, 0.25) is 0 Å². The van der Waals surface area contributed by atoms with Crippen LogP contribution in [-0.4, -0.2) is 10.1 Å². The lowest BCUT2D eigenvalue weighted by Crippen LogP contribution is -2.18. The summed E-state index contributed by atoms with van der Waals surface area (Å²) < 4.78 is 0. The number of hydrogen-bond donors (Lipinski definition) is 1. The summed E-state index contributed by atoms with van der Waals surface area (Å²) in [7, 11) is 0. The Morgan fingerprint density at radius 1 is 1.14 bits per heavy atom. The van der Waals surface area contributed by atoms with Gasteiger partial charge in [-0.25, -0.2) is 0 Å². The lowest BCUT2D eigenvalue weighted by Gasteiger charge is -2.26. The highest BCUT2D eigenvalue weighted by Crippen LogP contribution is 2.32. The number of pyridine rings is 1. The van der Waals surface area contributed by atoms with Crippen molar-refractivity contribution < 1.29 is 5.11 Å². The van der Waals surface area contributed by atoms with Gasteiger partial charge < -0.3 is 5.11 Å². The van der Waals surface area contributed by atoms with Gasteiger partial charge in [0.1, 0.15) is 0 Å². The zero-order valence-electron chi connectivity index (χ0n) is 9.63. The van der Waals surface area contributed by atoms with E-state index in [4.69, 9.17) is 0 Å². The smallest absolute Gasteiger partial charge is 0.0839 e. The first-order valence-electron chi connectivity index (χ1n) is 4.94. The van der Waals surface area contributed by atoms with E-state index in [1.807, 2.05) is 46.8 Å². The van der Waals surface area contributed by atoms with Crippen LogP contribution in [0.5, 0.6) is 0 Å². The van der Waals surface area contributed by atoms with Gasteiger partial charge in [0.05, 0.1) is 6.10 Å². The van der Waals surface area contributed by atoms with E-state index in [1.165, 1.54) is 0 Å². The monoisotopic (exact) mass is 193 g/mol. The summed E-state index contributed by atoms with van der Waals surface area (Å²) in [6.07, 6.45) is -0.428. The van der Waals surface area contributed by atoms with Crippen molar-refractivity contribution in [3.63, 3.8) is 0 Å². The molecule has 0 spiro atoms. The predicted molar refractivity (Wildman–Crippen MR) is 58.1 cm³/mol. The van der Waals surface area contributed by atoms with Gasteiger partial charge in [-0.2, -0.15) is 0 Å². The molecule has 1 N–H and O–H groups in total. The molecule has 1 unspecified atom stereocenters. The van der Waals surface area contributed by atoms with E-state index >= 15 is 0 Å². The number of aliphatic hydroxyl groups excluding tert-OH is 1. The Bertz CT molecular complexity index is 305. The van der Waals surface area contributed by atoms with Gasteiger partial charge in [0, 0.05) is 11.4 Å². The summed E-state index contributed by atoms with van der Waals surface area (Å²) in [4.78, 5) is 4.29. The van der Waals surface area contributed by atoms with E-state index in [-0.39, 0.29) is 5.41 Å². The minimum absolute atomic E-state index is 0.125. The van der Waals surface area contributed by atoms with Gasteiger partial charge in [0.15, 0.2) is 0 Å². The fourth-order valence-corrected chi connectivity index (χ4v) is 1.52. The molecule has 2 nitrogen and oxygen atoms in total. The van der Waals surface area contributed by atoms with E-state index in [0.717, 1.165) is 17.0 Å². The van der Waals surface area contributed by atoms with Crippen LogP contribution in [0.25, 0.3) is 0 Å². The molecule has 0 aliphatic carbocycles. The first-order chi connectivity index (χ1) is 6.30. The number of hydrogen-bond acceptors (Lipinski definition) is 2. The molecule has 0 amide bonds. The number of aryl methyl sites for hydroxylation is 2. The second-order valence-corrected chi connectivity index (χ2v) is 4.95. The first-order valence-corrected chi connectivity index (χ1v) is 4.94. The molecule has 1 aromatic rings. The molecule has 14 heavy (non-hydrogen) atoms. The Hall–Kier alpha value is -0.890. The highest BCUT2D eigenvalue weighted by Gasteiger charge is 2.24. The molecule has 78 valence electrons. The van der Waals surface area contributed by atoms with Crippen LogP contribution in [0.2, 0.25) is 0 Å². The Labute approximate surface area is 86.0 Å². The standard InChI is InChI=1S/C12H19NO/c1-8-6-10(7-9(2)13-8)11(14)12(3,4)5/h6-7,11,14H,1-5H3. The third kappa shape index (κ3) is 2.55. The minimum atomic E-state index is -0.428. The Balaban J connectivity index is 3.07. The van der Waals surface area contributed by atoms with E-state index in [9.17, 15) is 5.11 Å². The van der Waals surface area contributed by atoms with Crippen LogP contribution in [0.1, 0.15) is 43.8 Å². The second-order valence-electron chi connectivity index (χ2n) is 4.95. The second kappa shape index (κ2) is 3.70. The number of rotatable bonds is 1. The molecule has 1 atom stereocenters. The quantitative estimate of drug-likeness (QED) is 0.744. The van der Waals surface area contributed by atoms with Crippen molar-refractivity contribution in [3.8, 4) is 0 Å². The normalized spacial score (nSPS) is 14.1. The van der Waals surface area contributed by atoms with Crippen LogP contribution >= 0.6 is 0 Å². The summed E-state index contributed by atoms with van der Waals surface area (Å²) in [5.41, 5.74) is 2.76. The van der Waals surface area contributed by atoms with E-state index in [0.29, 0.717) is 0 Å². The largest absolute Gasteiger partial charge is 0.388 e. The Morgan fingerprint density at radius 2 is 1.57 bits per heavy atom. The van der Waals surface area contributed by atoms with Crippen molar-refractivity contribution in [1.82, 2.24) is 4.98 Å². The molecule has 2 heteroatoms. The number of aromatic nitrogens is 1. The summed E-state index contributed by atoms with van der Waals surface area (Å²) in [6.45, 7) is 9.99. The molecular formula is C12H19NO. The fraction of sp³-hybridized carbons (Fsp3) is 0.583. The molecule has 0 saturated carbocycles. The average Bonchev–Trinajstić information content (AvgIpc) is 1.99. The summed E-state index contributed by atoms with van der Waals surface area (Å²) >= 11 is 0. The molecule has 0 aliphatic rings. The number of aliphatic hydroxyl groups is 1. The molecule has 0 radical (unpaired) electrons. The van der Waals surface area contributed by atoms with Crippen LogP contribution in [0.4, 0.5) is 0 Å². The molecule has 0 aromatic carbocycles. The van der Waals surface area contributed by atoms with Gasteiger partial charge in [-0.05, 0) is 37.0 Å². The molecule has 0 aliphatic heterocycles. The summed E-state index contributed by atoms with van der Waals surface area (Å²) in [5.74, 6) is 0. The van der Waals surface area contributed by atoms with Gasteiger partial charge in [-0.15, -0.1) is 0 Å². The lowest BCUT2D eigenvalue weighted by atomic mass is 9.85. The van der Waals surface area contributed by atoms with Crippen LogP contribution in [-0.2, 0) is 0 Å². The van der Waals surface area contributed by atoms with Gasteiger partial charge in [-0.3, -0.25) is 4.98 Å². The van der Waals surface area contributed by atoms with Crippen molar-refractivity contribution in [2.45, 2.75) is 40.7 Å². The maximum atomic E-state index is 10.1. The van der Waals surface area contributed by atoms with Crippen molar-refractivity contribution in [2.24, 2.45) is 5.41 Å². The first kappa shape index (κ1) is 11.2. The topological polar surface area (TPSA) is 33.1 Å². The van der Waals surface area contributed by atoms with Crippen molar-refractivity contribution in [1.29, 1.82) is 0 Å². The highest BCUT2D eigenvalue weighted by molar-refractivity contribution is 5.23. The zero-order chi connectivity index (χ0) is 10.9. The van der Waals surface area contributed by atoms with Crippen molar-refractivity contribution in [3.05, 3.63) is 29.1 Å². The van der Waals surface area contributed by atoms with Crippen molar-refractivity contribution >= 4 is 0 Å². The van der Waals surface area contributed by atoms with E-state index in [1.54, 1.807) is 0 Å². The molecule has 0 saturated heterocycles. The number of nitrogens with zero attached hydrogens (tertiary/aromatic N) is 1. The maximum Gasteiger partial charge on any atom is 0.0839 e. The molecule has 0 bridgehead atoms. The third-order valence-corrected chi connectivity index (χ3v) is 2.24. The Kier molecular flexibility index (Phi) is 2.95. The SMILES string of the molecule is Cc1cc(C(O)C(C)(C)C)cc(C)n1. The highest BCUT2D eigenvalue weighted by atomic mass is 16.3. The van der Waals surface area contributed by atoms with Crippen LogP contribution in [0, 0.1) is 19.3 Å². The van der Waals surface area contributed by atoms with E-state index in [2.05, 4.69) is 4.98 Å². The Morgan fingerprint density at radius 3 is 1.93 bits per heavy atom. The molecule has 1 rings (SSSR count). The van der Waals surface area contributed by atoms with E-state index < -0.39 is 6.10 Å². The van der Waals surface area contributed by atoms with Gasteiger partial charge in [0.25, 0.3) is 0 Å². The van der Waals surface area contributed by atoms with Crippen LogP contribution in [0.3, 0.4) is 0 Å². The van der Waals surface area contributed by atoms with Gasteiger partial charge in [-0.1, -0.05) is 20.8 Å². The van der Waals surface area contributed by atoms with Gasteiger partial charge >= 0.3 is 0 Å². The fourth-order valence-electron chi connectivity index (χ4n) is 1.52.